The van der Waals surface area contributed by atoms with Gasteiger partial charge in [-0.25, -0.2) is 0 Å². The van der Waals surface area contributed by atoms with Gasteiger partial charge in [-0.05, 0) is 38.8 Å². The lowest BCUT2D eigenvalue weighted by Crippen LogP contribution is -2.07. The first-order valence-corrected chi connectivity index (χ1v) is 4.89. The molecule has 0 unspecified atom stereocenters. The van der Waals surface area contributed by atoms with Crippen molar-refractivity contribution in [2.45, 2.75) is 38.7 Å². The van der Waals surface area contributed by atoms with Crippen LogP contribution in [0.15, 0.2) is 18.3 Å². The molecular weight excluding hydrogens is 162 g/mol. The predicted octanol–water partition coefficient (Wildman–Crippen LogP) is 2.75. The van der Waals surface area contributed by atoms with Crippen LogP contribution in [0, 0.1) is 0 Å². The summed E-state index contributed by atoms with van der Waals surface area (Å²) >= 11 is 0. The lowest BCUT2D eigenvalue weighted by atomic mass is 10.2. The maximum Gasteiger partial charge on any atom is 0.141 e. The highest BCUT2D eigenvalue weighted by Gasteiger charge is 2.28. The quantitative estimate of drug-likeness (QED) is 0.708. The minimum Gasteiger partial charge on any atom is -0.489 e. The molecule has 1 aromatic rings. The summed E-state index contributed by atoms with van der Waals surface area (Å²) < 4.78 is 5.68. The van der Waals surface area contributed by atoms with Crippen LogP contribution in [0.5, 0.6) is 5.75 Å². The van der Waals surface area contributed by atoms with Gasteiger partial charge in [0.2, 0.25) is 0 Å². The van der Waals surface area contributed by atoms with Crippen LogP contribution >= 0.6 is 0 Å². The van der Waals surface area contributed by atoms with Gasteiger partial charge in [-0.1, -0.05) is 0 Å². The zero-order valence-corrected chi connectivity index (χ0v) is 8.16. The fourth-order valence-electron chi connectivity index (χ4n) is 1.42. The number of nitrogens with zero attached hydrogens (tertiary/aromatic N) is 1. The fourth-order valence-corrected chi connectivity index (χ4v) is 1.42. The van der Waals surface area contributed by atoms with Crippen molar-refractivity contribution in [1.82, 2.24) is 4.98 Å². The van der Waals surface area contributed by atoms with Crippen LogP contribution in [-0.4, -0.2) is 11.1 Å². The lowest BCUT2D eigenvalue weighted by Gasteiger charge is -2.12. The largest absolute Gasteiger partial charge is 0.489 e. The normalized spacial score (nSPS) is 16.2. The van der Waals surface area contributed by atoms with Crippen LogP contribution in [0.3, 0.4) is 0 Å². The first-order chi connectivity index (χ1) is 6.27. The molecule has 0 spiro atoms. The molecule has 0 amide bonds. The van der Waals surface area contributed by atoms with E-state index in [0.29, 0.717) is 5.92 Å². The maximum atomic E-state index is 5.68. The Labute approximate surface area is 78.9 Å². The van der Waals surface area contributed by atoms with Gasteiger partial charge in [-0.15, -0.1) is 0 Å². The Morgan fingerprint density at radius 3 is 2.85 bits per heavy atom. The minimum atomic E-state index is 0.238. The molecule has 0 saturated heterocycles. The molecule has 0 atom stereocenters. The van der Waals surface area contributed by atoms with Gasteiger partial charge in [0.25, 0.3) is 0 Å². The van der Waals surface area contributed by atoms with E-state index < -0.39 is 0 Å². The van der Waals surface area contributed by atoms with Crippen molar-refractivity contribution in [3.63, 3.8) is 0 Å². The molecule has 0 bridgehead atoms. The summed E-state index contributed by atoms with van der Waals surface area (Å²) in [6.07, 6.45) is 4.62. The van der Waals surface area contributed by atoms with E-state index in [1.165, 1.54) is 12.8 Å². The molecule has 0 N–H and O–H groups in total. The first-order valence-electron chi connectivity index (χ1n) is 4.89. The van der Waals surface area contributed by atoms with E-state index in [-0.39, 0.29) is 6.10 Å². The number of pyridine rings is 1. The van der Waals surface area contributed by atoms with Gasteiger partial charge in [0, 0.05) is 12.1 Å². The Balaban J connectivity index is 2.21. The first kappa shape index (κ1) is 8.54. The molecular formula is C11H15NO. The molecule has 70 valence electrons. The molecule has 2 nitrogen and oxygen atoms in total. The Bertz CT molecular complexity index is 292. The van der Waals surface area contributed by atoms with Gasteiger partial charge >= 0.3 is 0 Å². The maximum absolute atomic E-state index is 5.68. The summed E-state index contributed by atoms with van der Waals surface area (Å²) in [4.78, 5) is 4.37. The molecule has 2 rings (SSSR count). The summed E-state index contributed by atoms with van der Waals surface area (Å²) in [6, 6.07) is 3.95. The van der Waals surface area contributed by atoms with Crippen LogP contribution in [0.1, 0.15) is 38.3 Å². The van der Waals surface area contributed by atoms with Crippen molar-refractivity contribution in [2.75, 3.05) is 0 Å². The van der Waals surface area contributed by atoms with Crippen LogP contribution in [0.4, 0.5) is 0 Å². The molecule has 0 radical (unpaired) electrons. The van der Waals surface area contributed by atoms with Crippen LogP contribution < -0.4 is 4.74 Å². The third-order valence-corrected chi connectivity index (χ3v) is 2.13. The third-order valence-electron chi connectivity index (χ3n) is 2.13. The molecule has 0 aromatic carbocycles. The van der Waals surface area contributed by atoms with Gasteiger partial charge in [-0.3, -0.25) is 4.98 Å². The molecule has 2 heteroatoms. The standard InChI is InChI=1S/C11H15NO/c1-8(2)13-10-4-3-7-12-11(10)9-5-6-9/h3-4,7-9H,5-6H2,1-2H3. The Morgan fingerprint density at radius 2 is 2.23 bits per heavy atom. The second-order valence-electron chi connectivity index (χ2n) is 3.83. The predicted molar refractivity (Wildman–Crippen MR) is 52.0 cm³/mol. The SMILES string of the molecule is CC(C)Oc1cccnc1C1CC1. The van der Waals surface area contributed by atoms with Gasteiger partial charge in [-0.2, -0.15) is 0 Å². The Hall–Kier alpha value is -1.05. The van der Waals surface area contributed by atoms with E-state index in [1.54, 1.807) is 0 Å². The Morgan fingerprint density at radius 1 is 1.46 bits per heavy atom. The van der Waals surface area contributed by atoms with E-state index in [4.69, 9.17) is 4.74 Å². The van der Waals surface area contributed by atoms with Gasteiger partial charge < -0.3 is 4.74 Å². The smallest absolute Gasteiger partial charge is 0.141 e. The number of aromatic nitrogens is 1. The number of rotatable bonds is 3. The second-order valence-corrected chi connectivity index (χ2v) is 3.83. The van der Waals surface area contributed by atoms with Crippen LogP contribution in [-0.2, 0) is 0 Å². The fraction of sp³-hybridized carbons (Fsp3) is 0.545. The zero-order chi connectivity index (χ0) is 9.26. The molecule has 1 fully saturated rings. The van der Waals surface area contributed by atoms with Crippen molar-refractivity contribution in [2.24, 2.45) is 0 Å². The number of ether oxygens (including phenoxy) is 1. The van der Waals surface area contributed by atoms with E-state index in [9.17, 15) is 0 Å². The third kappa shape index (κ3) is 2.00. The van der Waals surface area contributed by atoms with E-state index in [1.807, 2.05) is 32.2 Å². The van der Waals surface area contributed by atoms with E-state index in [0.717, 1.165) is 11.4 Å². The van der Waals surface area contributed by atoms with Crippen molar-refractivity contribution in [3.05, 3.63) is 24.0 Å². The monoisotopic (exact) mass is 177 g/mol. The number of hydrogen-bond donors (Lipinski definition) is 0. The molecule has 0 aliphatic heterocycles. The van der Waals surface area contributed by atoms with Crippen molar-refractivity contribution in [1.29, 1.82) is 0 Å². The van der Waals surface area contributed by atoms with Gasteiger partial charge in [0.1, 0.15) is 5.75 Å². The molecule has 13 heavy (non-hydrogen) atoms. The lowest BCUT2D eigenvalue weighted by molar-refractivity contribution is 0.238. The summed E-state index contributed by atoms with van der Waals surface area (Å²) in [6.45, 7) is 4.09. The zero-order valence-electron chi connectivity index (χ0n) is 8.16. The van der Waals surface area contributed by atoms with Crippen molar-refractivity contribution in [3.8, 4) is 5.75 Å². The highest BCUT2D eigenvalue weighted by atomic mass is 16.5. The Kier molecular flexibility index (Phi) is 2.21. The van der Waals surface area contributed by atoms with Gasteiger partial charge in [0.15, 0.2) is 0 Å². The molecule has 1 aromatic heterocycles. The average molecular weight is 177 g/mol. The van der Waals surface area contributed by atoms with E-state index >= 15 is 0 Å². The van der Waals surface area contributed by atoms with E-state index in [2.05, 4.69) is 4.98 Å². The highest BCUT2D eigenvalue weighted by Crippen LogP contribution is 2.42. The molecule has 1 heterocycles. The molecule has 1 aliphatic rings. The summed E-state index contributed by atoms with van der Waals surface area (Å²) in [5, 5.41) is 0. The molecule has 1 aliphatic carbocycles. The minimum absolute atomic E-state index is 0.238. The van der Waals surface area contributed by atoms with Crippen molar-refractivity contribution < 1.29 is 4.74 Å². The van der Waals surface area contributed by atoms with Gasteiger partial charge in [0.05, 0.1) is 11.8 Å². The molecule has 1 saturated carbocycles. The number of hydrogen-bond acceptors (Lipinski definition) is 2. The summed E-state index contributed by atoms with van der Waals surface area (Å²) in [7, 11) is 0. The van der Waals surface area contributed by atoms with Crippen molar-refractivity contribution >= 4 is 0 Å². The summed E-state index contributed by atoms with van der Waals surface area (Å²) in [5.41, 5.74) is 1.15. The highest BCUT2D eigenvalue weighted by molar-refractivity contribution is 5.32. The van der Waals surface area contributed by atoms with Crippen LogP contribution in [0.2, 0.25) is 0 Å². The summed E-state index contributed by atoms with van der Waals surface area (Å²) in [5.74, 6) is 1.63. The average Bonchev–Trinajstić information content (AvgIpc) is 2.87. The second kappa shape index (κ2) is 3.36. The van der Waals surface area contributed by atoms with Crippen LogP contribution in [0.25, 0.3) is 0 Å². The topological polar surface area (TPSA) is 22.1 Å².